The molecule has 1 aliphatic rings. The number of carbonyl (C=O) groups excluding carboxylic acids is 1. The molecule has 0 fully saturated rings. The summed E-state index contributed by atoms with van der Waals surface area (Å²) < 4.78 is 1.14. The maximum atomic E-state index is 11.8. The lowest BCUT2D eigenvalue weighted by atomic mass is 10.3. The number of hydrogen-bond donors (Lipinski definition) is 3. The minimum Gasteiger partial charge on any atom is -0.477 e. The molecule has 0 unspecified atom stereocenters. The number of para-hydroxylation sites is 1. The number of hydrazine groups is 1. The molecule has 2 rings (SSSR count). The van der Waals surface area contributed by atoms with Crippen LogP contribution in [0, 0.1) is 0 Å². The highest BCUT2D eigenvalue weighted by Crippen LogP contribution is 2.29. The molecule has 6 nitrogen and oxygen atoms in total. The maximum Gasteiger partial charge on any atom is 0.351 e. The zero-order valence-corrected chi connectivity index (χ0v) is 10.3. The molecule has 0 aliphatic carbocycles. The second-order valence-electron chi connectivity index (χ2n) is 3.55. The van der Waals surface area contributed by atoms with Gasteiger partial charge in [0.15, 0.2) is 0 Å². The average molecular weight is 265 g/mol. The van der Waals surface area contributed by atoms with Crippen LogP contribution in [-0.2, 0) is 4.79 Å². The molecule has 0 atom stereocenters. The van der Waals surface area contributed by atoms with E-state index in [-0.39, 0.29) is 4.91 Å². The molecule has 0 aromatic heterocycles. The van der Waals surface area contributed by atoms with Crippen LogP contribution in [0.1, 0.15) is 6.92 Å². The van der Waals surface area contributed by atoms with Gasteiger partial charge in [0.05, 0.1) is 5.70 Å². The Labute approximate surface area is 108 Å². The van der Waals surface area contributed by atoms with Crippen molar-refractivity contribution in [3.8, 4) is 0 Å². The van der Waals surface area contributed by atoms with Gasteiger partial charge in [0.1, 0.15) is 4.91 Å². The zero-order valence-electron chi connectivity index (χ0n) is 9.51. The lowest BCUT2D eigenvalue weighted by Gasteiger charge is -2.16. The first kappa shape index (κ1) is 12.3. The number of nitrogens with zero attached hydrogens (tertiary/aromatic N) is 1. The fraction of sp³-hybridized carbons (Fsp3) is 0.0909. The number of aliphatic carboxylic acids is 1. The second kappa shape index (κ2) is 5.01. The van der Waals surface area contributed by atoms with Gasteiger partial charge in [-0.1, -0.05) is 18.2 Å². The van der Waals surface area contributed by atoms with Crippen LogP contribution >= 0.6 is 11.9 Å². The molecule has 1 aliphatic heterocycles. The van der Waals surface area contributed by atoms with Gasteiger partial charge < -0.3 is 10.4 Å². The fourth-order valence-electron chi connectivity index (χ4n) is 1.37. The molecule has 0 saturated carbocycles. The van der Waals surface area contributed by atoms with Crippen LogP contribution in [0.2, 0.25) is 0 Å². The van der Waals surface area contributed by atoms with Gasteiger partial charge in [-0.05, 0) is 19.1 Å². The van der Waals surface area contributed by atoms with Gasteiger partial charge in [-0.15, -0.1) is 0 Å². The number of benzene rings is 1. The molecule has 1 heterocycles. The molecule has 0 saturated heterocycles. The van der Waals surface area contributed by atoms with E-state index in [4.69, 9.17) is 5.11 Å². The van der Waals surface area contributed by atoms with Crippen LogP contribution in [-0.4, -0.2) is 21.5 Å². The van der Waals surface area contributed by atoms with Crippen LogP contribution in [0.3, 0.4) is 0 Å². The van der Waals surface area contributed by atoms with Crippen molar-refractivity contribution in [1.82, 2.24) is 9.84 Å². The first-order valence-electron chi connectivity index (χ1n) is 5.13. The minimum absolute atomic E-state index is 0.109. The molecule has 0 bridgehead atoms. The van der Waals surface area contributed by atoms with Crippen LogP contribution < -0.4 is 10.7 Å². The van der Waals surface area contributed by atoms with Crippen LogP contribution in [0.4, 0.5) is 10.5 Å². The summed E-state index contributed by atoms with van der Waals surface area (Å²) in [5, 5.41) is 11.5. The summed E-state index contributed by atoms with van der Waals surface area (Å²) in [6.07, 6.45) is 0. The number of anilines is 1. The predicted octanol–water partition coefficient (Wildman–Crippen LogP) is 2.00. The average Bonchev–Trinajstić information content (AvgIpc) is 2.73. The van der Waals surface area contributed by atoms with Gasteiger partial charge in [-0.25, -0.2) is 9.59 Å². The normalized spacial score (nSPS) is 14.4. The van der Waals surface area contributed by atoms with Crippen molar-refractivity contribution in [2.45, 2.75) is 6.92 Å². The molecular weight excluding hydrogens is 254 g/mol. The Morgan fingerprint density at radius 3 is 2.56 bits per heavy atom. The fourth-order valence-corrected chi connectivity index (χ4v) is 2.13. The van der Waals surface area contributed by atoms with E-state index >= 15 is 0 Å². The summed E-state index contributed by atoms with van der Waals surface area (Å²) in [6.45, 7) is 1.60. The molecule has 7 heteroatoms. The minimum atomic E-state index is -1.06. The summed E-state index contributed by atoms with van der Waals surface area (Å²) in [7, 11) is 0. The standard InChI is InChI=1S/C11H11N3O3S/c1-7-9(10(15)16)18-14(13-7)11(17)12-8-5-3-2-4-6-8/h2-6,13H,1H3,(H,12,17)(H,15,16). The van der Waals surface area contributed by atoms with E-state index in [2.05, 4.69) is 10.7 Å². The quantitative estimate of drug-likeness (QED) is 0.712. The molecule has 3 N–H and O–H groups in total. The van der Waals surface area contributed by atoms with E-state index in [0.717, 1.165) is 16.4 Å². The van der Waals surface area contributed by atoms with Gasteiger partial charge in [-0.2, -0.15) is 4.41 Å². The summed E-state index contributed by atoms with van der Waals surface area (Å²) in [5.41, 5.74) is 3.77. The molecule has 0 radical (unpaired) electrons. The smallest absolute Gasteiger partial charge is 0.351 e. The van der Waals surface area contributed by atoms with Crippen molar-refractivity contribution >= 4 is 29.6 Å². The first-order chi connectivity index (χ1) is 8.58. The van der Waals surface area contributed by atoms with Gasteiger partial charge in [0.2, 0.25) is 0 Å². The lowest BCUT2D eigenvalue weighted by molar-refractivity contribution is -0.131. The summed E-state index contributed by atoms with van der Waals surface area (Å²) in [6, 6.07) is 8.50. The van der Waals surface area contributed by atoms with E-state index in [1.54, 1.807) is 31.2 Å². The summed E-state index contributed by atoms with van der Waals surface area (Å²) in [4.78, 5) is 22.8. The van der Waals surface area contributed by atoms with Crippen molar-refractivity contribution in [2.75, 3.05) is 5.32 Å². The van der Waals surface area contributed by atoms with Crippen molar-refractivity contribution in [1.29, 1.82) is 0 Å². The van der Waals surface area contributed by atoms with Gasteiger partial charge in [0.25, 0.3) is 0 Å². The Bertz CT molecular complexity index is 516. The van der Waals surface area contributed by atoms with E-state index in [9.17, 15) is 9.59 Å². The van der Waals surface area contributed by atoms with Crippen LogP contribution in [0.25, 0.3) is 0 Å². The highest BCUT2D eigenvalue weighted by Gasteiger charge is 2.28. The third kappa shape index (κ3) is 2.57. The largest absolute Gasteiger partial charge is 0.477 e. The number of hydrogen-bond acceptors (Lipinski definition) is 4. The number of nitrogens with one attached hydrogen (secondary N) is 2. The van der Waals surface area contributed by atoms with Gasteiger partial charge >= 0.3 is 12.0 Å². The number of carboxylic acid groups (broad SMARTS) is 1. The number of rotatable bonds is 2. The lowest BCUT2D eigenvalue weighted by Crippen LogP contribution is -2.35. The Balaban J connectivity index is 2.00. The zero-order chi connectivity index (χ0) is 13.1. The third-order valence-corrected chi connectivity index (χ3v) is 3.30. The van der Waals surface area contributed by atoms with E-state index in [0.29, 0.717) is 11.4 Å². The highest BCUT2D eigenvalue weighted by atomic mass is 32.2. The molecule has 94 valence electrons. The third-order valence-electron chi connectivity index (χ3n) is 2.20. The number of carboxylic acids is 1. The number of allylic oxidation sites excluding steroid dienone is 1. The summed E-state index contributed by atoms with van der Waals surface area (Å²) >= 11 is 0.844. The monoisotopic (exact) mass is 265 g/mol. The second-order valence-corrected chi connectivity index (χ2v) is 4.51. The van der Waals surface area contributed by atoms with E-state index < -0.39 is 12.0 Å². The molecule has 1 aromatic carbocycles. The van der Waals surface area contributed by atoms with E-state index in [1.807, 2.05) is 6.07 Å². The molecular formula is C11H11N3O3S. The Morgan fingerprint density at radius 2 is 2.00 bits per heavy atom. The SMILES string of the molecule is CC1=C(C(=O)O)SN(C(=O)Nc2ccccc2)N1. The Kier molecular flexibility index (Phi) is 3.42. The number of amides is 2. The van der Waals surface area contributed by atoms with Crippen molar-refractivity contribution in [2.24, 2.45) is 0 Å². The predicted molar refractivity (Wildman–Crippen MR) is 68.4 cm³/mol. The highest BCUT2D eigenvalue weighted by molar-refractivity contribution is 8.02. The van der Waals surface area contributed by atoms with Crippen LogP contribution in [0.15, 0.2) is 40.9 Å². The molecule has 1 aromatic rings. The van der Waals surface area contributed by atoms with Crippen molar-refractivity contribution < 1.29 is 14.7 Å². The molecule has 0 spiro atoms. The first-order valence-corrected chi connectivity index (χ1v) is 5.90. The Hall–Kier alpha value is -2.15. The maximum absolute atomic E-state index is 11.8. The van der Waals surface area contributed by atoms with Crippen molar-refractivity contribution in [3.63, 3.8) is 0 Å². The molecule has 18 heavy (non-hydrogen) atoms. The van der Waals surface area contributed by atoms with Gasteiger partial charge in [0, 0.05) is 17.6 Å². The van der Waals surface area contributed by atoms with Gasteiger partial charge in [-0.3, -0.25) is 5.43 Å². The topological polar surface area (TPSA) is 81.7 Å². The molecule has 2 amide bonds. The van der Waals surface area contributed by atoms with Crippen LogP contribution in [0.5, 0.6) is 0 Å². The number of urea groups is 1. The van der Waals surface area contributed by atoms with E-state index in [1.165, 1.54) is 0 Å². The summed E-state index contributed by atoms with van der Waals surface area (Å²) in [5.74, 6) is -1.06. The number of carbonyl (C=O) groups is 2. The Morgan fingerprint density at radius 1 is 1.33 bits per heavy atom. The van der Waals surface area contributed by atoms with Crippen molar-refractivity contribution in [3.05, 3.63) is 40.9 Å².